The third-order valence-corrected chi connectivity index (χ3v) is 6.49. The van der Waals surface area contributed by atoms with E-state index in [1.165, 1.54) is 11.8 Å². The van der Waals surface area contributed by atoms with Gasteiger partial charge in [0.1, 0.15) is 0 Å². The molecule has 25 heavy (non-hydrogen) atoms. The predicted octanol–water partition coefficient (Wildman–Crippen LogP) is 0.863. The number of Topliss-reactive ketones (excluding diaryl/α,β-unsaturated/α-hetero) is 1. The molecule has 1 aromatic carbocycles. The van der Waals surface area contributed by atoms with Crippen LogP contribution >= 0.6 is 0 Å². The number of benzene rings is 1. The fourth-order valence-corrected chi connectivity index (χ4v) is 5.04. The van der Waals surface area contributed by atoms with Gasteiger partial charge in [0.25, 0.3) is 0 Å². The van der Waals surface area contributed by atoms with Gasteiger partial charge in [0.2, 0.25) is 11.8 Å². The number of rotatable bonds is 4. The highest BCUT2D eigenvalue weighted by molar-refractivity contribution is 7.91. The van der Waals surface area contributed by atoms with Gasteiger partial charge in [0, 0.05) is 30.3 Å². The van der Waals surface area contributed by atoms with E-state index in [0.29, 0.717) is 17.7 Å². The predicted molar refractivity (Wildman–Crippen MR) is 92.0 cm³/mol. The molecule has 0 saturated carbocycles. The first-order valence-electron chi connectivity index (χ1n) is 8.17. The van der Waals surface area contributed by atoms with Crippen LogP contribution in [0.25, 0.3) is 0 Å². The van der Waals surface area contributed by atoms with E-state index in [0.717, 1.165) is 0 Å². The minimum absolute atomic E-state index is 0.0143. The van der Waals surface area contributed by atoms with Gasteiger partial charge in [0.05, 0.1) is 17.4 Å². The van der Waals surface area contributed by atoms with Crippen LogP contribution in [0.4, 0.5) is 5.69 Å². The van der Waals surface area contributed by atoms with Gasteiger partial charge in [-0.25, -0.2) is 8.42 Å². The minimum Gasteiger partial charge on any atom is -0.338 e. The van der Waals surface area contributed by atoms with Crippen molar-refractivity contribution in [3.8, 4) is 0 Å². The highest BCUT2D eigenvalue weighted by atomic mass is 32.2. The van der Waals surface area contributed by atoms with Crippen LogP contribution in [0.3, 0.4) is 0 Å². The molecule has 2 atom stereocenters. The Hall–Kier alpha value is -2.22. The number of likely N-dealkylation sites (tertiary alicyclic amines) is 1. The van der Waals surface area contributed by atoms with E-state index in [-0.39, 0.29) is 48.1 Å². The third-order valence-electron chi connectivity index (χ3n) is 4.74. The van der Waals surface area contributed by atoms with Crippen molar-refractivity contribution in [1.82, 2.24) is 4.90 Å². The zero-order valence-corrected chi connectivity index (χ0v) is 14.7. The Morgan fingerprint density at radius 2 is 1.88 bits per heavy atom. The molecule has 0 aliphatic carbocycles. The summed E-state index contributed by atoms with van der Waals surface area (Å²) in [4.78, 5) is 37.4. The Morgan fingerprint density at radius 3 is 2.44 bits per heavy atom. The first-order valence-corrected chi connectivity index (χ1v) is 9.99. The van der Waals surface area contributed by atoms with Crippen LogP contribution in [0.2, 0.25) is 0 Å². The van der Waals surface area contributed by atoms with E-state index < -0.39 is 15.8 Å². The zero-order chi connectivity index (χ0) is 18.2. The summed E-state index contributed by atoms with van der Waals surface area (Å²) in [5.41, 5.74) is 1.12. The van der Waals surface area contributed by atoms with E-state index in [1.807, 2.05) is 0 Å². The van der Waals surface area contributed by atoms with Crippen molar-refractivity contribution < 1.29 is 22.8 Å². The largest absolute Gasteiger partial charge is 0.338 e. The fourth-order valence-electron chi connectivity index (χ4n) is 3.31. The highest BCUT2D eigenvalue weighted by Gasteiger charge is 2.41. The van der Waals surface area contributed by atoms with E-state index >= 15 is 0 Å². The number of hydrogen-bond donors (Lipinski definition) is 1. The molecule has 3 rings (SSSR count). The summed E-state index contributed by atoms with van der Waals surface area (Å²) in [5, 5.41) is 2.75. The van der Waals surface area contributed by atoms with Gasteiger partial charge in [-0.2, -0.15) is 0 Å². The summed E-state index contributed by atoms with van der Waals surface area (Å²) in [7, 11) is -3.08. The van der Waals surface area contributed by atoms with Crippen LogP contribution in [0.5, 0.6) is 0 Å². The van der Waals surface area contributed by atoms with Crippen molar-refractivity contribution >= 4 is 33.1 Å². The monoisotopic (exact) mass is 364 g/mol. The average Bonchev–Trinajstić information content (AvgIpc) is 3.10. The van der Waals surface area contributed by atoms with Crippen molar-refractivity contribution in [3.05, 3.63) is 29.8 Å². The first kappa shape index (κ1) is 17.6. The van der Waals surface area contributed by atoms with Gasteiger partial charge in [-0.3, -0.25) is 14.4 Å². The molecule has 2 aliphatic rings. The summed E-state index contributed by atoms with van der Waals surface area (Å²) < 4.78 is 23.2. The molecule has 2 aliphatic heterocycles. The van der Waals surface area contributed by atoms with Crippen LogP contribution < -0.4 is 5.32 Å². The van der Waals surface area contributed by atoms with Crippen LogP contribution in [0, 0.1) is 5.92 Å². The molecule has 2 unspecified atom stereocenters. The quantitative estimate of drug-likeness (QED) is 0.799. The Balaban J connectivity index is 1.62. The van der Waals surface area contributed by atoms with Gasteiger partial charge in [-0.15, -0.1) is 0 Å². The number of anilines is 1. The number of carbonyl (C=O) groups is 3. The molecule has 2 fully saturated rings. The topological polar surface area (TPSA) is 101 Å². The maximum Gasteiger partial charge on any atom is 0.229 e. The fraction of sp³-hybridized carbons (Fsp3) is 0.471. The second kappa shape index (κ2) is 6.59. The molecule has 1 aromatic rings. The van der Waals surface area contributed by atoms with E-state index in [9.17, 15) is 22.8 Å². The first-order chi connectivity index (χ1) is 11.7. The number of nitrogens with zero attached hydrogens (tertiary/aromatic N) is 1. The van der Waals surface area contributed by atoms with Gasteiger partial charge >= 0.3 is 0 Å². The number of hydrogen-bond acceptors (Lipinski definition) is 5. The number of sulfone groups is 1. The SMILES string of the molecule is CC(=O)c1ccc(NC(=O)C2CC(=O)N(C3CCS(=O)(=O)C3)C2)cc1. The van der Waals surface area contributed by atoms with Crippen molar-refractivity contribution in [2.24, 2.45) is 5.92 Å². The molecule has 8 heteroatoms. The molecule has 1 N–H and O–H groups in total. The lowest BCUT2D eigenvalue weighted by Gasteiger charge is -2.22. The summed E-state index contributed by atoms with van der Waals surface area (Å²) in [6.45, 7) is 1.71. The summed E-state index contributed by atoms with van der Waals surface area (Å²) in [6, 6.07) is 6.24. The maximum atomic E-state index is 12.4. The number of nitrogens with one attached hydrogen (secondary N) is 1. The Labute approximate surface area is 146 Å². The van der Waals surface area contributed by atoms with Crippen LogP contribution in [-0.2, 0) is 19.4 Å². The second-order valence-electron chi connectivity index (χ2n) is 6.63. The molecule has 0 spiro atoms. The molecule has 2 heterocycles. The Kier molecular flexibility index (Phi) is 4.64. The van der Waals surface area contributed by atoms with E-state index in [4.69, 9.17) is 0 Å². The van der Waals surface area contributed by atoms with Gasteiger partial charge in [0.15, 0.2) is 15.6 Å². The minimum atomic E-state index is -3.08. The summed E-state index contributed by atoms with van der Waals surface area (Å²) in [6.07, 6.45) is 0.531. The van der Waals surface area contributed by atoms with Crippen LogP contribution in [0.15, 0.2) is 24.3 Å². The molecular weight excluding hydrogens is 344 g/mol. The third kappa shape index (κ3) is 3.89. The van der Waals surface area contributed by atoms with Gasteiger partial charge < -0.3 is 10.2 Å². The number of ketones is 1. The second-order valence-corrected chi connectivity index (χ2v) is 8.86. The smallest absolute Gasteiger partial charge is 0.229 e. The normalized spacial score (nSPS) is 25.2. The molecule has 134 valence electrons. The molecule has 0 radical (unpaired) electrons. The number of carbonyl (C=O) groups excluding carboxylic acids is 3. The molecule has 2 saturated heterocycles. The summed E-state index contributed by atoms with van der Waals surface area (Å²) in [5.74, 6) is -0.911. The molecular formula is C17H20N2O5S. The van der Waals surface area contributed by atoms with Crippen molar-refractivity contribution in [3.63, 3.8) is 0 Å². The van der Waals surface area contributed by atoms with Crippen molar-refractivity contribution in [2.45, 2.75) is 25.8 Å². The molecule has 7 nitrogen and oxygen atoms in total. The lowest BCUT2D eigenvalue weighted by atomic mass is 10.1. The Morgan fingerprint density at radius 1 is 1.20 bits per heavy atom. The average molecular weight is 364 g/mol. The molecule has 2 amide bonds. The van der Waals surface area contributed by atoms with Gasteiger partial charge in [-0.1, -0.05) is 0 Å². The van der Waals surface area contributed by atoms with Gasteiger partial charge in [-0.05, 0) is 37.6 Å². The van der Waals surface area contributed by atoms with Crippen LogP contribution in [-0.4, -0.2) is 55.0 Å². The number of amides is 2. The summed E-state index contributed by atoms with van der Waals surface area (Å²) >= 11 is 0. The Bertz CT molecular complexity index is 816. The maximum absolute atomic E-state index is 12.4. The van der Waals surface area contributed by atoms with Crippen molar-refractivity contribution in [1.29, 1.82) is 0 Å². The molecule has 0 bridgehead atoms. The lowest BCUT2D eigenvalue weighted by molar-refractivity contribution is -0.129. The molecule has 0 aromatic heterocycles. The highest BCUT2D eigenvalue weighted by Crippen LogP contribution is 2.27. The van der Waals surface area contributed by atoms with Crippen LogP contribution in [0.1, 0.15) is 30.1 Å². The zero-order valence-electron chi connectivity index (χ0n) is 13.9. The van der Waals surface area contributed by atoms with E-state index in [2.05, 4.69) is 5.32 Å². The van der Waals surface area contributed by atoms with Crippen molar-refractivity contribution in [2.75, 3.05) is 23.4 Å². The standard InChI is InChI=1S/C17H20N2O5S/c1-11(20)12-2-4-14(5-3-12)18-17(22)13-8-16(21)19(9-13)15-6-7-25(23,24)10-15/h2-5,13,15H,6-10H2,1H3,(H,18,22). The van der Waals surface area contributed by atoms with E-state index in [1.54, 1.807) is 24.3 Å². The lowest BCUT2D eigenvalue weighted by Crippen LogP contribution is -2.38.